The zero-order valence-corrected chi connectivity index (χ0v) is 18.7. The number of aryl methyl sites for hydroxylation is 2. The summed E-state index contributed by atoms with van der Waals surface area (Å²) in [6.45, 7) is 10.5. The number of benzene rings is 2. The summed E-state index contributed by atoms with van der Waals surface area (Å²) < 4.78 is 1.79. The van der Waals surface area contributed by atoms with Gasteiger partial charge < -0.3 is 5.32 Å². The third kappa shape index (κ3) is 3.85. The molecule has 0 spiro atoms. The van der Waals surface area contributed by atoms with Crippen LogP contribution in [0.3, 0.4) is 0 Å². The number of aromatic nitrogens is 4. The van der Waals surface area contributed by atoms with Crippen LogP contribution in [-0.2, 0) is 11.8 Å². The van der Waals surface area contributed by atoms with E-state index in [-0.39, 0.29) is 11.3 Å². The number of anilines is 1. The Balaban J connectivity index is 1.60. The van der Waals surface area contributed by atoms with Crippen LogP contribution in [0.2, 0.25) is 0 Å². The van der Waals surface area contributed by atoms with Gasteiger partial charge >= 0.3 is 0 Å². The molecular weight excluding hydrogens is 394 g/mol. The molecule has 4 aromatic rings. The number of nitrogens with one attached hydrogen (secondary N) is 1. The third-order valence-electron chi connectivity index (χ3n) is 5.12. The summed E-state index contributed by atoms with van der Waals surface area (Å²) in [6, 6.07) is 13.8. The van der Waals surface area contributed by atoms with Crippen LogP contribution < -0.4 is 5.32 Å². The number of hydrogen-bond donors (Lipinski definition) is 1. The Hall–Kier alpha value is -3.06. The van der Waals surface area contributed by atoms with E-state index in [2.05, 4.69) is 41.4 Å². The summed E-state index contributed by atoms with van der Waals surface area (Å²) in [5.41, 5.74) is 4.61. The smallest absolute Gasteiger partial charge is 0.255 e. The van der Waals surface area contributed by atoms with Gasteiger partial charge in [0.05, 0.1) is 0 Å². The van der Waals surface area contributed by atoms with Crippen LogP contribution in [0.25, 0.3) is 15.5 Å². The quantitative estimate of drug-likeness (QED) is 0.489. The topological polar surface area (TPSA) is 72.2 Å². The normalized spacial score (nSPS) is 11.8. The average Bonchev–Trinajstić information content (AvgIpc) is 3.29. The minimum Gasteiger partial charge on any atom is -0.322 e. The standard InChI is InChI=1S/C23H25N5OS/c1-6-19-25-26-22-28(19)27-21(30-22)16-8-7-14(2)18(13-16)24-20(29)15-9-11-17(12-10-15)23(3,4)5/h7-13H,6H2,1-5H3,(H,24,29). The predicted octanol–water partition coefficient (Wildman–Crippen LogP) is 5.27. The van der Waals surface area contributed by atoms with Crippen LogP contribution >= 0.6 is 11.3 Å². The minimum atomic E-state index is -0.123. The maximum Gasteiger partial charge on any atom is 0.255 e. The van der Waals surface area contributed by atoms with E-state index in [0.29, 0.717) is 5.56 Å². The Morgan fingerprint density at radius 2 is 1.83 bits per heavy atom. The first-order valence-electron chi connectivity index (χ1n) is 10.0. The van der Waals surface area contributed by atoms with Gasteiger partial charge in [0.25, 0.3) is 5.91 Å². The molecule has 6 nitrogen and oxygen atoms in total. The molecule has 2 aromatic carbocycles. The Kier molecular flexibility index (Phi) is 5.15. The lowest BCUT2D eigenvalue weighted by atomic mass is 9.86. The predicted molar refractivity (Wildman–Crippen MR) is 121 cm³/mol. The van der Waals surface area contributed by atoms with Crippen molar-refractivity contribution in [2.75, 3.05) is 5.32 Å². The number of hydrogen-bond acceptors (Lipinski definition) is 5. The van der Waals surface area contributed by atoms with E-state index in [9.17, 15) is 4.79 Å². The Morgan fingerprint density at radius 3 is 2.50 bits per heavy atom. The van der Waals surface area contributed by atoms with Gasteiger partial charge in [0, 0.05) is 23.2 Å². The first kappa shape index (κ1) is 20.2. The molecule has 0 atom stereocenters. The van der Waals surface area contributed by atoms with E-state index in [1.807, 2.05) is 56.3 Å². The molecule has 154 valence electrons. The van der Waals surface area contributed by atoms with Crippen molar-refractivity contribution in [1.82, 2.24) is 19.8 Å². The summed E-state index contributed by atoms with van der Waals surface area (Å²) in [4.78, 5) is 13.6. The lowest BCUT2D eigenvalue weighted by Gasteiger charge is -2.19. The molecule has 0 fully saturated rings. The van der Waals surface area contributed by atoms with Crippen molar-refractivity contribution < 1.29 is 4.79 Å². The van der Waals surface area contributed by atoms with Crippen molar-refractivity contribution in [3.05, 3.63) is 65.0 Å². The molecular formula is C23H25N5OS. The maximum atomic E-state index is 12.8. The summed E-state index contributed by atoms with van der Waals surface area (Å²) in [5, 5.41) is 16.9. The fourth-order valence-corrected chi connectivity index (χ4v) is 4.05. The van der Waals surface area contributed by atoms with Gasteiger partial charge in [0.15, 0.2) is 5.82 Å². The Labute approximate surface area is 180 Å². The van der Waals surface area contributed by atoms with E-state index in [1.54, 1.807) is 4.52 Å². The molecule has 7 heteroatoms. The van der Waals surface area contributed by atoms with Crippen molar-refractivity contribution in [2.24, 2.45) is 0 Å². The van der Waals surface area contributed by atoms with Crippen molar-refractivity contribution in [2.45, 2.75) is 46.5 Å². The lowest BCUT2D eigenvalue weighted by molar-refractivity contribution is 0.102. The molecule has 0 radical (unpaired) electrons. The first-order chi connectivity index (χ1) is 14.3. The Morgan fingerprint density at radius 1 is 1.10 bits per heavy atom. The number of carbonyl (C=O) groups is 1. The molecule has 1 amide bonds. The van der Waals surface area contributed by atoms with Gasteiger partial charge in [-0.15, -0.1) is 10.2 Å². The van der Waals surface area contributed by atoms with Crippen LogP contribution in [0.4, 0.5) is 5.69 Å². The highest BCUT2D eigenvalue weighted by atomic mass is 32.1. The second-order valence-electron chi connectivity index (χ2n) is 8.38. The fourth-order valence-electron chi connectivity index (χ4n) is 3.20. The third-order valence-corrected chi connectivity index (χ3v) is 6.07. The van der Waals surface area contributed by atoms with Crippen LogP contribution in [0.5, 0.6) is 0 Å². The monoisotopic (exact) mass is 419 g/mol. The number of nitrogens with zero attached hydrogens (tertiary/aromatic N) is 4. The summed E-state index contributed by atoms with van der Waals surface area (Å²) in [5.74, 6) is 0.717. The van der Waals surface area contributed by atoms with Crippen molar-refractivity contribution in [1.29, 1.82) is 0 Å². The molecule has 2 heterocycles. The van der Waals surface area contributed by atoms with Gasteiger partial charge in [0.1, 0.15) is 5.01 Å². The van der Waals surface area contributed by atoms with Gasteiger partial charge in [-0.25, -0.2) is 0 Å². The van der Waals surface area contributed by atoms with E-state index < -0.39 is 0 Å². The van der Waals surface area contributed by atoms with Crippen LogP contribution in [0.15, 0.2) is 42.5 Å². The van der Waals surface area contributed by atoms with Crippen molar-refractivity contribution in [3.8, 4) is 10.6 Å². The lowest BCUT2D eigenvalue weighted by Crippen LogP contribution is -2.15. The average molecular weight is 420 g/mol. The van der Waals surface area contributed by atoms with Crippen LogP contribution in [-0.4, -0.2) is 25.7 Å². The molecule has 0 aliphatic rings. The summed E-state index contributed by atoms with van der Waals surface area (Å²) >= 11 is 1.49. The zero-order valence-electron chi connectivity index (χ0n) is 17.9. The molecule has 0 saturated carbocycles. The first-order valence-corrected chi connectivity index (χ1v) is 10.8. The van der Waals surface area contributed by atoms with Gasteiger partial charge in [-0.05, 0) is 41.7 Å². The molecule has 0 aliphatic heterocycles. The maximum absolute atomic E-state index is 12.8. The highest BCUT2D eigenvalue weighted by Gasteiger charge is 2.16. The van der Waals surface area contributed by atoms with Gasteiger partial charge in [-0.3, -0.25) is 4.79 Å². The summed E-state index contributed by atoms with van der Waals surface area (Å²) in [6.07, 6.45) is 0.771. The zero-order chi connectivity index (χ0) is 21.5. The number of amides is 1. The van der Waals surface area contributed by atoms with E-state index in [4.69, 9.17) is 0 Å². The van der Waals surface area contributed by atoms with Gasteiger partial charge in [-0.1, -0.05) is 63.3 Å². The SMILES string of the molecule is CCc1nnc2sc(-c3ccc(C)c(NC(=O)c4ccc(C(C)(C)C)cc4)c3)nn12. The van der Waals surface area contributed by atoms with E-state index >= 15 is 0 Å². The molecule has 0 bridgehead atoms. The molecule has 4 rings (SSSR count). The molecule has 30 heavy (non-hydrogen) atoms. The van der Waals surface area contributed by atoms with Crippen LogP contribution in [0.1, 0.15) is 55.0 Å². The number of rotatable bonds is 4. The van der Waals surface area contributed by atoms with E-state index in [1.165, 1.54) is 16.9 Å². The van der Waals surface area contributed by atoms with Crippen molar-refractivity contribution >= 4 is 27.9 Å². The molecule has 0 saturated heterocycles. The van der Waals surface area contributed by atoms with E-state index in [0.717, 1.165) is 39.0 Å². The second-order valence-corrected chi connectivity index (χ2v) is 9.34. The molecule has 1 N–H and O–H groups in total. The fraction of sp³-hybridized carbons (Fsp3) is 0.304. The second kappa shape index (κ2) is 7.65. The van der Waals surface area contributed by atoms with Crippen molar-refractivity contribution in [3.63, 3.8) is 0 Å². The largest absolute Gasteiger partial charge is 0.322 e. The molecule has 0 aliphatic carbocycles. The highest BCUT2D eigenvalue weighted by Crippen LogP contribution is 2.29. The highest BCUT2D eigenvalue weighted by molar-refractivity contribution is 7.19. The Bertz CT molecular complexity index is 1210. The van der Waals surface area contributed by atoms with Gasteiger partial charge in [0.2, 0.25) is 4.96 Å². The molecule has 2 aromatic heterocycles. The minimum absolute atomic E-state index is 0.0561. The number of carbonyl (C=O) groups excluding carboxylic acids is 1. The van der Waals surface area contributed by atoms with Crippen LogP contribution in [0, 0.1) is 6.92 Å². The number of fused-ring (bicyclic) bond motifs is 1. The van der Waals surface area contributed by atoms with Gasteiger partial charge in [-0.2, -0.15) is 9.61 Å². The summed E-state index contributed by atoms with van der Waals surface area (Å²) in [7, 11) is 0. The molecule has 0 unspecified atom stereocenters.